The van der Waals surface area contributed by atoms with E-state index in [1.54, 1.807) is 19.1 Å². The SMILES string of the molecule is CCC(C)C(N)NC(O)C1C(C)=NCC(CNc2ccc(C(=O)NC(CCC(=O)O)C(=O)O)cc2)N1C=O. The Balaban J connectivity index is 2.01. The van der Waals surface area contributed by atoms with Gasteiger partial charge in [0.1, 0.15) is 18.3 Å². The van der Waals surface area contributed by atoms with E-state index < -0.39 is 42.3 Å². The second-order valence-electron chi connectivity index (χ2n) is 9.41. The minimum Gasteiger partial charge on any atom is -0.481 e. The summed E-state index contributed by atoms with van der Waals surface area (Å²) in [4.78, 5) is 52.5. The van der Waals surface area contributed by atoms with Crippen molar-refractivity contribution in [2.75, 3.05) is 18.4 Å². The summed E-state index contributed by atoms with van der Waals surface area (Å²) in [6.07, 6.45) is -0.658. The van der Waals surface area contributed by atoms with Crippen molar-refractivity contribution >= 4 is 35.7 Å². The van der Waals surface area contributed by atoms with Gasteiger partial charge in [-0.15, -0.1) is 0 Å². The average molecular weight is 535 g/mol. The van der Waals surface area contributed by atoms with Crippen molar-refractivity contribution in [2.45, 2.75) is 70.6 Å². The number of hydrogen-bond donors (Lipinski definition) is 7. The number of amides is 2. The Hall–Kier alpha value is -3.55. The van der Waals surface area contributed by atoms with Crippen LogP contribution in [0, 0.1) is 5.92 Å². The van der Waals surface area contributed by atoms with Gasteiger partial charge in [-0.2, -0.15) is 0 Å². The van der Waals surface area contributed by atoms with Crippen molar-refractivity contribution in [1.82, 2.24) is 15.5 Å². The smallest absolute Gasteiger partial charge is 0.326 e. The molecule has 6 unspecified atom stereocenters. The number of aliphatic hydroxyl groups is 1. The van der Waals surface area contributed by atoms with E-state index in [-0.39, 0.29) is 30.4 Å². The van der Waals surface area contributed by atoms with Crippen LogP contribution < -0.4 is 21.7 Å². The lowest BCUT2D eigenvalue weighted by atomic mass is 10.0. The third-order valence-corrected chi connectivity index (χ3v) is 6.70. The summed E-state index contributed by atoms with van der Waals surface area (Å²) >= 11 is 0. The van der Waals surface area contributed by atoms with E-state index in [1.807, 2.05) is 13.8 Å². The molecular formula is C25H38N6O7. The molecular weight excluding hydrogens is 496 g/mol. The first-order valence-electron chi connectivity index (χ1n) is 12.5. The number of aliphatic hydroxyl groups excluding tert-OH is 1. The maximum atomic E-state index is 12.4. The molecule has 0 saturated heterocycles. The molecule has 1 aliphatic rings. The van der Waals surface area contributed by atoms with Crippen LogP contribution in [0.15, 0.2) is 29.3 Å². The molecule has 0 bridgehead atoms. The van der Waals surface area contributed by atoms with E-state index in [4.69, 9.17) is 10.8 Å². The van der Waals surface area contributed by atoms with Gasteiger partial charge in [0, 0.05) is 29.9 Å². The molecule has 38 heavy (non-hydrogen) atoms. The van der Waals surface area contributed by atoms with Crippen molar-refractivity contribution in [3.8, 4) is 0 Å². The van der Waals surface area contributed by atoms with E-state index in [2.05, 4.69) is 20.9 Å². The van der Waals surface area contributed by atoms with Crippen LogP contribution in [0.1, 0.15) is 50.4 Å². The summed E-state index contributed by atoms with van der Waals surface area (Å²) in [5.41, 5.74) is 7.59. The number of rotatable bonds is 15. The van der Waals surface area contributed by atoms with Crippen molar-refractivity contribution in [1.29, 1.82) is 0 Å². The molecule has 0 fully saturated rings. The molecule has 6 atom stereocenters. The lowest BCUT2D eigenvalue weighted by Crippen LogP contribution is -2.63. The molecule has 1 heterocycles. The molecule has 8 N–H and O–H groups in total. The maximum absolute atomic E-state index is 12.4. The minimum atomic E-state index is -1.32. The van der Waals surface area contributed by atoms with Gasteiger partial charge in [0.2, 0.25) is 6.41 Å². The van der Waals surface area contributed by atoms with Crippen LogP contribution in [0.3, 0.4) is 0 Å². The Labute approximate surface area is 221 Å². The number of carboxylic acids is 2. The molecule has 1 aromatic rings. The molecule has 210 valence electrons. The molecule has 1 aromatic carbocycles. The molecule has 1 aliphatic heterocycles. The van der Waals surface area contributed by atoms with Crippen LogP contribution in [0.4, 0.5) is 5.69 Å². The number of carbonyl (C=O) groups is 4. The third kappa shape index (κ3) is 8.50. The number of hydrogen-bond acceptors (Lipinski definition) is 9. The number of nitrogens with zero attached hydrogens (tertiary/aromatic N) is 2. The fourth-order valence-electron chi connectivity index (χ4n) is 4.04. The summed E-state index contributed by atoms with van der Waals surface area (Å²) in [5, 5.41) is 37.3. The topological polar surface area (TPSA) is 207 Å². The van der Waals surface area contributed by atoms with E-state index in [9.17, 15) is 29.4 Å². The van der Waals surface area contributed by atoms with Gasteiger partial charge in [0.05, 0.1) is 18.8 Å². The molecule has 2 amide bonds. The molecule has 13 heteroatoms. The molecule has 0 saturated carbocycles. The van der Waals surface area contributed by atoms with E-state index in [1.165, 1.54) is 17.0 Å². The largest absolute Gasteiger partial charge is 0.481 e. The number of carboxylic acid groups (broad SMARTS) is 2. The van der Waals surface area contributed by atoms with Crippen molar-refractivity contribution in [3.05, 3.63) is 29.8 Å². The number of carbonyl (C=O) groups excluding carboxylic acids is 2. The zero-order chi connectivity index (χ0) is 28.4. The highest BCUT2D eigenvalue weighted by atomic mass is 16.4. The van der Waals surface area contributed by atoms with Gasteiger partial charge >= 0.3 is 11.9 Å². The summed E-state index contributed by atoms with van der Waals surface area (Å²) in [5.74, 6) is -2.99. The van der Waals surface area contributed by atoms with Crippen LogP contribution in [0.25, 0.3) is 0 Å². The minimum absolute atomic E-state index is 0.123. The summed E-state index contributed by atoms with van der Waals surface area (Å²) in [7, 11) is 0. The highest BCUT2D eigenvalue weighted by molar-refractivity contribution is 5.97. The molecule has 0 radical (unpaired) electrons. The van der Waals surface area contributed by atoms with Gasteiger partial charge in [0.15, 0.2) is 0 Å². The van der Waals surface area contributed by atoms with Crippen molar-refractivity contribution in [3.63, 3.8) is 0 Å². The predicted octanol–water partition coefficient (Wildman–Crippen LogP) is 0.0553. The number of nitrogens with two attached hydrogens (primary N) is 1. The zero-order valence-corrected chi connectivity index (χ0v) is 21.8. The van der Waals surface area contributed by atoms with Crippen molar-refractivity contribution < 1.29 is 34.5 Å². The van der Waals surface area contributed by atoms with Crippen LogP contribution >= 0.6 is 0 Å². The van der Waals surface area contributed by atoms with Gasteiger partial charge in [-0.25, -0.2) is 4.79 Å². The first-order chi connectivity index (χ1) is 18.0. The quantitative estimate of drug-likeness (QED) is 0.119. The number of aliphatic imine (C=N–C) groups is 1. The number of anilines is 1. The molecule has 0 aromatic heterocycles. The Kier molecular flexibility index (Phi) is 11.6. The highest BCUT2D eigenvalue weighted by Crippen LogP contribution is 2.18. The van der Waals surface area contributed by atoms with Gasteiger partial charge in [-0.3, -0.25) is 24.7 Å². The molecule has 2 rings (SSSR count). The third-order valence-electron chi connectivity index (χ3n) is 6.70. The number of aliphatic carboxylic acids is 2. The van der Waals surface area contributed by atoms with E-state index in [0.29, 0.717) is 30.9 Å². The predicted molar refractivity (Wildman–Crippen MR) is 141 cm³/mol. The van der Waals surface area contributed by atoms with Crippen LogP contribution in [0.2, 0.25) is 0 Å². The highest BCUT2D eigenvalue weighted by Gasteiger charge is 2.36. The molecule has 13 nitrogen and oxygen atoms in total. The standard InChI is InChI=1S/C25H38N6O7/c1-4-14(2)22(26)30-24(36)21-15(3)27-11-18(31(21)13-32)12-28-17-7-5-16(6-8-17)23(35)29-19(25(37)38)9-10-20(33)34/h5-8,13-14,18-19,21-22,24,28,30,36H,4,9-12,26H2,1-3H3,(H,29,35)(H,33,34)(H,37,38). The summed E-state index contributed by atoms with van der Waals surface area (Å²) in [6.45, 7) is 6.38. The monoisotopic (exact) mass is 534 g/mol. The van der Waals surface area contributed by atoms with Gasteiger partial charge in [-0.1, -0.05) is 20.3 Å². The number of benzene rings is 1. The second-order valence-corrected chi connectivity index (χ2v) is 9.41. The average Bonchev–Trinajstić information content (AvgIpc) is 2.89. The first kappa shape index (κ1) is 30.7. The van der Waals surface area contributed by atoms with Crippen LogP contribution in [0.5, 0.6) is 0 Å². The fraction of sp³-hybridized carbons (Fsp3) is 0.560. The fourth-order valence-corrected chi connectivity index (χ4v) is 4.04. The lowest BCUT2D eigenvalue weighted by molar-refractivity contribution is -0.140. The normalized spacial score (nSPS) is 20.4. The zero-order valence-electron chi connectivity index (χ0n) is 21.8. The second kappa shape index (κ2) is 14.4. The van der Waals surface area contributed by atoms with Crippen molar-refractivity contribution in [2.24, 2.45) is 16.6 Å². The Morgan fingerprint density at radius 2 is 1.89 bits per heavy atom. The van der Waals surface area contributed by atoms with E-state index >= 15 is 0 Å². The Bertz CT molecular complexity index is 1000. The van der Waals surface area contributed by atoms with E-state index in [0.717, 1.165) is 6.42 Å². The van der Waals surface area contributed by atoms with Crippen LogP contribution in [-0.2, 0) is 14.4 Å². The Morgan fingerprint density at radius 3 is 2.45 bits per heavy atom. The maximum Gasteiger partial charge on any atom is 0.326 e. The molecule has 0 spiro atoms. The molecule has 0 aliphatic carbocycles. The van der Waals surface area contributed by atoms with Gasteiger partial charge in [0.25, 0.3) is 5.91 Å². The summed E-state index contributed by atoms with van der Waals surface area (Å²) < 4.78 is 0. The lowest BCUT2D eigenvalue weighted by Gasteiger charge is -2.41. The van der Waals surface area contributed by atoms with Crippen LogP contribution in [-0.4, -0.2) is 93.8 Å². The van der Waals surface area contributed by atoms with Gasteiger partial charge in [-0.05, 0) is 43.5 Å². The summed E-state index contributed by atoms with van der Waals surface area (Å²) in [6, 6.07) is 3.90. The first-order valence-corrected chi connectivity index (χ1v) is 12.5. The van der Waals surface area contributed by atoms with Gasteiger partial charge < -0.3 is 36.6 Å². The number of nitrogens with one attached hydrogen (secondary N) is 3. The Morgan fingerprint density at radius 1 is 1.24 bits per heavy atom.